The van der Waals surface area contributed by atoms with Crippen LogP contribution in [0.1, 0.15) is 48.6 Å². The molecule has 2 saturated heterocycles. The number of H-pyrrole nitrogens is 1. The van der Waals surface area contributed by atoms with Gasteiger partial charge in [-0.15, -0.1) is 0 Å². The van der Waals surface area contributed by atoms with Gasteiger partial charge < -0.3 is 14.8 Å². The molecule has 36 heavy (non-hydrogen) atoms. The molecule has 2 aliphatic heterocycles. The van der Waals surface area contributed by atoms with E-state index in [9.17, 15) is 5.11 Å². The number of fused-ring (bicyclic) bond motifs is 3. The molecule has 0 amide bonds. The summed E-state index contributed by atoms with van der Waals surface area (Å²) in [5.41, 5.74) is 5.58. The van der Waals surface area contributed by atoms with E-state index in [0.717, 1.165) is 79.5 Å². The molecule has 188 valence electrons. The number of hydroxylamine groups is 4. The summed E-state index contributed by atoms with van der Waals surface area (Å²) in [7, 11) is 3.52. The number of rotatable bonds is 5. The number of nitrogens with one attached hydrogen (secondary N) is 1. The molecule has 8 heteroatoms. The molecule has 0 spiro atoms. The van der Waals surface area contributed by atoms with E-state index in [1.54, 1.807) is 26.4 Å². The van der Waals surface area contributed by atoms with Gasteiger partial charge in [0.1, 0.15) is 5.75 Å². The number of aromatic amines is 1. The average Bonchev–Trinajstić information content (AvgIpc) is 3.41. The molecule has 0 radical (unpaired) electrons. The van der Waals surface area contributed by atoms with Gasteiger partial charge in [0.15, 0.2) is 5.65 Å². The molecule has 2 N–H and O–H groups in total. The number of hydrogen-bond acceptors (Lipinski definition) is 7. The number of piperidine rings is 2. The number of phenolic OH excluding ortho intramolecular Hbond substituents is 1. The first-order valence-electron chi connectivity index (χ1n) is 12.8. The molecule has 2 aromatic heterocycles. The zero-order valence-electron chi connectivity index (χ0n) is 20.9. The Morgan fingerprint density at radius 3 is 1.92 bits per heavy atom. The van der Waals surface area contributed by atoms with E-state index < -0.39 is 0 Å². The zero-order chi connectivity index (χ0) is 24.6. The first kappa shape index (κ1) is 23.4. The fourth-order valence-corrected chi connectivity index (χ4v) is 6.03. The summed E-state index contributed by atoms with van der Waals surface area (Å²) in [6.45, 7) is 3.75. The van der Waals surface area contributed by atoms with Crippen molar-refractivity contribution in [1.82, 2.24) is 25.3 Å². The second-order valence-corrected chi connectivity index (χ2v) is 9.94. The second kappa shape index (κ2) is 9.78. The standard InChI is InChI=1S/C28H33N5O3/c1-35-32-11-7-18(8-12-32)22-15-24-25(16-23(22)19-9-13-33(36-2)14-10-19)27(20-3-5-21(34)6-4-20)30-28-26(24)17-29-31-28/h3-6,15-19,34H,7-14H2,1-2H3,(H,29,30,31). The number of benzene rings is 2. The molecule has 2 aliphatic rings. The van der Waals surface area contributed by atoms with Gasteiger partial charge in [-0.25, -0.2) is 4.98 Å². The fraction of sp³-hybridized carbons (Fsp3) is 0.429. The maximum Gasteiger partial charge on any atom is 0.156 e. The summed E-state index contributed by atoms with van der Waals surface area (Å²) in [4.78, 5) is 16.0. The van der Waals surface area contributed by atoms with Gasteiger partial charge in [0.2, 0.25) is 0 Å². The SMILES string of the molecule is CON1CCC(c2cc3c(-c4ccc(O)cc4)nc4[nH]ncc4c3cc2C2CCN(OC)CC2)CC1. The summed E-state index contributed by atoms with van der Waals surface area (Å²) in [5.74, 6) is 1.22. The number of phenols is 1. The Bertz CT molecular complexity index is 1350. The average molecular weight is 488 g/mol. The van der Waals surface area contributed by atoms with Crippen LogP contribution >= 0.6 is 0 Å². The number of nitrogens with zero attached hydrogens (tertiary/aromatic N) is 4. The van der Waals surface area contributed by atoms with E-state index in [0.29, 0.717) is 11.8 Å². The van der Waals surface area contributed by atoms with Gasteiger partial charge >= 0.3 is 0 Å². The number of hydrogen-bond donors (Lipinski definition) is 2. The quantitative estimate of drug-likeness (QED) is 0.411. The predicted molar refractivity (Wildman–Crippen MR) is 140 cm³/mol. The van der Waals surface area contributed by atoms with Crippen LogP contribution < -0.4 is 0 Å². The molecule has 0 atom stereocenters. The molecule has 6 rings (SSSR count). The molecule has 0 bridgehead atoms. The first-order chi connectivity index (χ1) is 17.6. The maximum atomic E-state index is 9.87. The Morgan fingerprint density at radius 1 is 0.806 bits per heavy atom. The van der Waals surface area contributed by atoms with Crippen molar-refractivity contribution < 1.29 is 14.8 Å². The monoisotopic (exact) mass is 487 g/mol. The van der Waals surface area contributed by atoms with Crippen LogP contribution in [-0.4, -0.2) is 70.8 Å². The van der Waals surface area contributed by atoms with E-state index in [1.807, 2.05) is 18.3 Å². The summed E-state index contributed by atoms with van der Waals surface area (Å²) in [6.07, 6.45) is 6.18. The first-order valence-corrected chi connectivity index (χ1v) is 12.8. The van der Waals surface area contributed by atoms with Crippen molar-refractivity contribution in [2.24, 2.45) is 0 Å². The Kier molecular flexibility index (Phi) is 6.35. The van der Waals surface area contributed by atoms with Crippen LogP contribution in [0.2, 0.25) is 0 Å². The minimum atomic E-state index is 0.251. The Labute approximate surface area is 210 Å². The van der Waals surface area contributed by atoms with E-state index in [4.69, 9.17) is 14.7 Å². The summed E-state index contributed by atoms with van der Waals surface area (Å²) in [5, 5.41) is 24.8. The van der Waals surface area contributed by atoms with Crippen LogP contribution in [0.4, 0.5) is 0 Å². The predicted octanol–water partition coefficient (Wildman–Crippen LogP) is 4.97. The van der Waals surface area contributed by atoms with Crippen molar-refractivity contribution in [3.8, 4) is 17.0 Å². The maximum absolute atomic E-state index is 9.87. The molecule has 4 aromatic rings. The molecular weight excluding hydrogens is 454 g/mol. The van der Waals surface area contributed by atoms with Crippen molar-refractivity contribution >= 4 is 21.8 Å². The lowest BCUT2D eigenvalue weighted by Crippen LogP contribution is -2.34. The van der Waals surface area contributed by atoms with Crippen LogP contribution in [0, 0.1) is 0 Å². The van der Waals surface area contributed by atoms with Gasteiger partial charge in [-0.05, 0) is 90.4 Å². The van der Waals surface area contributed by atoms with E-state index >= 15 is 0 Å². The third-order valence-electron chi connectivity index (χ3n) is 8.06. The summed E-state index contributed by atoms with van der Waals surface area (Å²) in [6, 6.07) is 12.1. The van der Waals surface area contributed by atoms with Crippen molar-refractivity contribution in [2.45, 2.75) is 37.5 Å². The van der Waals surface area contributed by atoms with E-state index in [1.165, 1.54) is 16.5 Å². The smallest absolute Gasteiger partial charge is 0.156 e. The molecule has 2 aromatic carbocycles. The van der Waals surface area contributed by atoms with Gasteiger partial charge in [0.25, 0.3) is 0 Å². The minimum absolute atomic E-state index is 0.251. The Morgan fingerprint density at radius 2 is 1.36 bits per heavy atom. The highest BCUT2D eigenvalue weighted by Gasteiger charge is 2.29. The molecule has 0 saturated carbocycles. The van der Waals surface area contributed by atoms with Gasteiger partial charge in [0, 0.05) is 42.5 Å². The number of pyridine rings is 1. The van der Waals surface area contributed by atoms with Gasteiger partial charge in [-0.3, -0.25) is 5.10 Å². The van der Waals surface area contributed by atoms with Crippen molar-refractivity contribution in [2.75, 3.05) is 40.4 Å². The molecule has 8 nitrogen and oxygen atoms in total. The van der Waals surface area contributed by atoms with Crippen molar-refractivity contribution in [3.63, 3.8) is 0 Å². The lowest BCUT2D eigenvalue weighted by molar-refractivity contribution is -0.144. The van der Waals surface area contributed by atoms with Crippen molar-refractivity contribution in [3.05, 3.63) is 53.7 Å². The lowest BCUT2D eigenvalue weighted by atomic mass is 9.78. The Balaban J connectivity index is 1.53. The topological polar surface area (TPSA) is 86.7 Å². The van der Waals surface area contributed by atoms with Gasteiger partial charge in [0.05, 0.1) is 26.1 Å². The van der Waals surface area contributed by atoms with Gasteiger partial charge in [-0.1, -0.05) is 0 Å². The van der Waals surface area contributed by atoms with Crippen LogP contribution in [0.3, 0.4) is 0 Å². The second-order valence-electron chi connectivity index (χ2n) is 9.94. The van der Waals surface area contributed by atoms with Crippen LogP contribution in [0.25, 0.3) is 33.1 Å². The lowest BCUT2D eigenvalue weighted by Gasteiger charge is -2.35. The highest BCUT2D eigenvalue weighted by molar-refractivity contribution is 6.10. The van der Waals surface area contributed by atoms with Crippen LogP contribution in [0.15, 0.2) is 42.6 Å². The third kappa shape index (κ3) is 4.24. The van der Waals surface area contributed by atoms with E-state index in [-0.39, 0.29) is 5.75 Å². The highest BCUT2D eigenvalue weighted by atomic mass is 16.7. The number of aromatic nitrogens is 3. The molecule has 4 heterocycles. The molecular formula is C28H33N5O3. The summed E-state index contributed by atoms with van der Waals surface area (Å²) >= 11 is 0. The summed E-state index contributed by atoms with van der Waals surface area (Å²) < 4.78 is 0. The zero-order valence-corrected chi connectivity index (χ0v) is 20.9. The van der Waals surface area contributed by atoms with Crippen LogP contribution in [-0.2, 0) is 9.68 Å². The molecule has 0 unspecified atom stereocenters. The number of aromatic hydroxyl groups is 1. The van der Waals surface area contributed by atoms with Crippen molar-refractivity contribution in [1.29, 1.82) is 0 Å². The fourth-order valence-electron chi connectivity index (χ4n) is 6.03. The highest BCUT2D eigenvalue weighted by Crippen LogP contribution is 2.42. The normalized spacial score (nSPS) is 18.9. The largest absolute Gasteiger partial charge is 0.508 e. The third-order valence-corrected chi connectivity index (χ3v) is 8.06. The molecule has 2 fully saturated rings. The molecule has 0 aliphatic carbocycles. The minimum Gasteiger partial charge on any atom is -0.508 e. The van der Waals surface area contributed by atoms with Gasteiger partial charge in [-0.2, -0.15) is 15.2 Å². The van der Waals surface area contributed by atoms with E-state index in [2.05, 4.69) is 32.5 Å². The Hall–Kier alpha value is -3.04. The van der Waals surface area contributed by atoms with Crippen LogP contribution in [0.5, 0.6) is 5.75 Å².